The number of hydrogen-bond donors (Lipinski definition) is 2. The third-order valence-corrected chi connectivity index (χ3v) is 12.0. The lowest BCUT2D eigenvalue weighted by molar-refractivity contribution is -0.255. The summed E-state index contributed by atoms with van der Waals surface area (Å²) in [4.78, 5) is 43.9. The fraction of sp³-hybridized carbons (Fsp3) is 0.426. The molecule has 3 fully saturated rings. The summed E-state index contributed by atoms with van der Waals surface area (Å²) in [5, 5.41) is 13.0. The van der Waals surface area contributed by atoms with E-state index in [0.717, 1.165) is 52.6 Å². The molecule has 0 bridgehead atoms. The molecule has 3 heterocycles. The number of likely N-dealkylation sites (tertiary alicyclic amines) is 1. The van der Waals surface area contributed by atoms with Crippen LogP contribution in [0.3, 0.4) is 0 Å². The average molecular weight is 756 g/mol. The highest BCUT2D eigenvalue weighted by Crippen LogP contribution is 2.42. The van der Waals surface area contributed by atoms with Crippen LogP contribution in [0.4, 0.5) is 0 Å². The van der Waals surface area contributed by atoms with Gasteiger partial charge in [0.1, 0.15) is 0 Å². The van der Waals surface area contributed by atoms with E-state index in [1.54, 1.807) is 24.3 Å². The number of benzene rings is 4. The minimum atomic E-state index is -0.661. The van der Waals surface area contributed by atoms with Gasteiger partial charge >= 0.3 is 0 Å². The predicted octanol–water partition coefficient (Wildman–Crippen LogP) is 8.13. The highest BCUT2D eigenvalue weighted by Gasteiger charge is 2.44. The molecule has 0 radical (unpaired) electrons. The molecule has 9 nitrogen and oxygen atoms in total. The quantitative estimate of drug-likeness (QED) is 0.166. The number of aliphatic hydroxyl groups excluding tert-OH is 1. The molecular weight excluding hydrogens is 703 g/mol. The SMILES string of the molecule is CC(C)(C)NC(=O)[C@H]1CC[C@H]2CCCC[C@H]2N1C[C@@H]1C[C@H](c2ccc(CO)cc2)O[C@H](c2cccc(-c3cccc(CN4C(=O)c5ccccc5C4=O)c3)c2)O1. The van der Waals surface area contributed by atoms with Gasteiger partial charge in [-0.3, -0.25) is 24.2 Å². The van der Waals surface area contributed by atoms with Crippen molar-refractivity contribution in [1.82, 2.24) is 15.1 Å². The fourth-order valence-electron chi connectivity index (χ4n) is 9.28. The van der Waals surface area contributed by atoms with Crippen LogP contribution < -0.4 is 5.32 Å². The number of rotatable bonds is 9. The Morgan fingerprint density at radius 3 is 2.18 bits per heavy atom. The van der Waals surface area contributed by atoms with Crippen LogP contribution >= 0.6 is 0 Å². The van der Waals surface area contributed by atoms with Crippen molar-refractivity contribution in [1.29, 1.82) is 0 Å². The number of ether oxygens (including phenoxy) is 2. The molecule has 4 aromatic carbocycles. The number of carbonyl (C=O) groups excluding carboxylic acids is 3. The van der Waals surface area contributed by atoms with E-state index in [4.69, 9.17) is 9.47 Å². The Morgan fingerprint density at radius 2 is 1.46 bits per heavy atom. The van der Waals surface area contributed by atoms with Crippen molar-refractivity contribution in [2.45, 2.75) is 115 Å². The fourth-order valence-corrected chi connectivity index (χ4v) is 9.28. The monoisotopic (exact) mass is 755 g/mol. The first-order chi connectivity index (χ1) is 27.0. The minimum absolute atomic E-state index is 0.0258. The van der Waals surface area contributed by atoms with Crippen LogP contribution in [0, 0.1) is 5.92 Å². The van der Waals surface area contributed by atoms with Gasteiger partial charge in [0.05, 0.1) is 42.5 Å². The molecule has 0 unspecified atom stereocenters. The Balaban J connectivity index is 1.06. The molecule has 292 valence electrons. The van der Waals surface area contributed by atoms with Crippen LogP contribution in [0.2, 0.25) is 0 Å². The average Bonchev–Trinajstić information content (AvgIpc) is 3.45. The Bertz CT molecular complexity index is 2040. The van der Waals surface area contributed by atoms with Gasteiger partial charge in [0.15, 0.2) is 6.29 Å². The van der Waals surface area contributed by atoms with Crippen LogP contribution in [0.5, 0.6) is 0 Å². The smallest absolute Gasteiger partial charge is 0.261 e. The van der Waals surface area contributed by atoms with Crippen molar-refractivity contribution < 1.29 is 29.0 Å². The molecule has 3 amide bonds. The van der Waals surface area contributed by atoms with Crippen molar-refractivity contribution in [3.8, 4) is 11.1 Å². The maximum atomic E-state index is 13.9. The molecule has 9 heteroatoms. The molecular formula is C47H53N3O6. The summed E-state index contributed by atoms with van der Waals surface area (Å²) < 4.78 is 13.7. The van der Waals surface area contributed by atoms with Gasteiger partial charge in [-0.05, 0) is 104 Å². The molecule has 1 saturated carbocycles. The molecule has 0 spiro atoms. The number of imide groups is 1. The molecule has 56 heavy (non-hydrogen) atoms. The zero-order valence-corrected chi connectivity index (χ0v) is 32.7. The van der Waals surface area contributed by atoms with Gasteiger partial charge in [-0.25, -0.2) is 0 Å². The second kappa shape index (κ2) is 16.1. The summed E-state index contributed by atoms with van der Waals surface area (Å²) in [6.45, 7) is 6.91. The number of amides is 3. The van der Waals surface area contributed by atoms with Gasteiger partial charge < -0.3 is 19.9 Å². The first-order valence-corrected chi connectivity index (χ1v) is 20.3. The Hall–Kier alpha value is -4.67. The molecule has 4 aliphatic rings. The van der Waals surface area contributed by atoms with Crippen LogP contribution in [0.25, 0.3) is 11.1 Å². The van der Waals surface area contributed by atoms with E-state index in [2.05, 4.69) is 16.3 Å². The molecule has 3 aliphatic heterocycles. The third-order valence-electron chi connectivity index (χ3n) is 12.0. The zero-order chi connectivity index (χ0) is 39.0. The molecule has 2 saturated heterocycles. The number of piperidine rings is 1. The number of hydrogen-bond acceptors (Lipinski definition) is 7. The Labute approximate surface area is 330 Å². The summed E-state index contributed by atoms with van der Waals surface area (Å²) in [7, 11) is 0. The number of aliphatic hydroxyl groups is 1. The molecule has 6 atom stereocenters. The number of carbonyl (C=O) groups is 3. The maximum Gasteiger partial charge on any atom is 0.261 e. The van der Waals surface area contributed by atoms with E-state index in [0.29, 0.717) is 36.1 Å². The zero-order valence-electron chi connectivity index (χ0n) is 32.7. The Morgan fingerprint density at radius 1 is 0.768 bits per heavy atom. The van der Waals surface area contributed by atoms with E-state index >= 15 is 0 Å². The van der Waals surface area contributed by atoms with E-state index in [1.807, 2.05) is 87.5 Å². The minimum Gasteiger partial charge on any atom is -0.392 e. The highest BCUT2D eigenvalue weighted by molar-refractivity contribution is 6.21. The van der Waals surface area contributed by atoms with Gasteiger partial charge in [0, 0.05) is 30.1 Å². The lowest BCUT2D eigenvalue weighted by atomic mass is 9.75. The van der Waals surface area contributed by atoms with E-state index < -0.39 is 6.29 Å². The first-order valence-electron chi connectivity index (χ1n) is 20.3. The van der Waals surface area contributed by atoms with Gasteiger partial charge in [0.25, 0.3) is 11.8 Å². The van der Waals surface area contributed by atoms with Crippen molar-refractivity contribution in [2.75, 3.05) is 6.54 Å². The van der Waals surface area contributed by atoms with Crippen molar-refractivity contribution in [3.05, 3.63) is 130 Å². The second-order valence-corrected chi connectivity index (χ2v) is 17.1. The van der Waals surface area contributed by atoms with E-state index in [-0.39, 0.29) is 54.7 Å². The van der Waals surface area contributed by atoms with Gasteiger partial charge in [0.2, 0.25) is 5.91 Å². The van der Waals surface area contributed by atoms with E-state index in [9.17, 15) is 19.5 Å². The number of nitrogens with zero attached hydrogens (tertiary/aromatic N) is 2. The van der Waals surface area contributed by atoms with Gasteiger partial charge in [-0.2, -0.15) is 0 Å². The molecule has 8 rings (SSSR count). The van der Waals surface area contributed by atoms with Crippen LogP contribution in [-0.4, -0.2) is 62.9 Å². The third kappa shape index (κ3) is 8.09. The predicted molar refractivity (Wildman–Crippen MR) is 214 cm³/mol. The Kier molecular flexibility index (Phi) is 11.0. The lowest BCUT2D eigenvalue weighted by Gasteiger charge is -2.50. The summed E-state index contributed by atoms with van der Waals surface area (Å²) in [6.07, 6.45) is 6.16. The first kappa shape index (κ1) is 38.2. The molecule has 0 aromatic heterocycles. The lowest BCUT2D eigenvalue weighted by Crippen LogP contribution is -2.61. The standard InChI is InChI=1S/C47H53N3O6/c1-47(2,3)48-43(52)41-23-22-32-11-4-7-17-40(32)49(41)28-37-26-42(33-20-18-30(29-51)19-21-33)56-46(55-37)36-14-9-13-35(25-36)34-12-8-10-31(24-34)27-50-44(53)38-15-5-6-16-39(38)45(50)54/h5-6,8-10,12-16,18-21,24-25,32,37,40-42,46,51H,4,7,11,17,22-23,26-29H2,1-3H3,(H,48,52)/t32-,37+,40-,41-,42-,46-/m1/s1. The number of fused-ring (bicyclic) bond motifs is 2. The van der Waals surface area contributed by atoms with Crippen molar-refractivity contribution in [3.63, 3.8) is 0 Å². The highest BCUT2D eigenvalue weighted by atomic mass is 16.7. The van der Waals surface area contributed by atoms with Crippen LogP contribution in [0.15, 0.2) is 97.1 Å². The van der Waals surface area contributed by atoms with Gasteiger partial charge in [-0.1, -0.05) is 85.6 Å². The summed E-state index contributed by atoms with van der Waals surface area (Å²) in [5.41, 5.74) is 6.08. The maximum absolute atomic E-state index is 13.9. The van der Waals surface area contributed by atoms with Gasteiger partial charge in [-0.15, -0.1) is 0 Å². The summed E-state index contributed by atoms with van der Waals surface area (Å²) in [6, 6.07) is 31.2. The van der Waals surface area contributed by atoms with Crippen LogP contribution in [0.1, 0.15) is 121 Å². The largest absolute Gasteiger partial charge is 0.392 e. The van der Waals surface area contributed by atoms with Crippen molar-refractivity contribution >= 4 is 17.7 Å². The second-order valence-electron chi connectivity index (χ2n) is 17.1. The topological polar surface area (TPSA) is 108 Å². The number of nitrogens with one attached hydrogen (secondary N) is 1. The normalized spacial score (nSPS) is 25.5. The van der Waals surface area contributed by atoms with E-state index in [1.165, 1.54) is 24.2 Å². The summed E-state index contributed by atoms with van der Waals surface area (Å²) in [5.74, 6) is 0.136. The summed E-state index contributed by atoms with van der Waals surface area (Å²) >= 11 is 0. The van der Waals surface area contributed by atoms with Crippen LogP contribution in [-0.2, 0) is 27.4 Å². The molecule has 4 aromatic rings. The molecule has 1 aliphatic carbocycles. The molecule has 2 N–H and O–H groups in total. The van der Waals surface area contributed by atoms with Crippen molar-refractivity contribution in [2.24, 2.45) is 5.92 Å².